The minimum absolute atomic E-state index is 0.108. The van der Waals surface area contributed by atoms with Gasteiger partial charge < -0.3 is 15.8 Å². The van der Waals surface area contributed by atoms with Crippen molar-refractivity contribution in [3.05, 3.63) is 11.4 Å². The fourth-order valence-corrected chi connectivity index (χ4v) is 1.05. The van der Waals surface area contributed by atoms with Crippen LogP contribution in [0.4, 0.5) is 0 Å². The maximum absolute atomic E-state index is 8.38. The van der Waals surface area contributed by atoms with E-state index in [2.05, 4.69) is 10.6 Å². The predicted octanol–water partition coefficient (Wildman–Crippen LogP) is 0.262. The van der Waals surface area contributed by atoms with Crippen LogP contribution in [0.3, 0.4) is 0 Å². The Morgan fingerprint density at radius 3 is 2.60 bits per heavy atom. The molecule has 0 atom stereocenters. The van der Waals surface area contributed by atoms with Crippen molar-refractivity contribution in [3.8, 4) is 6.19 Å². The summed E-state index contributed by atoms with van der Waals surface area (Å²) < 4.78 is 5.07. The fourth-order valence-electron chi connectivity index (χ4n) is 1.05. The van der Waals surface area contributed by atoms with Crippen LogP contribution in [0.2, 0.25) is 0 Å². The molecule has 0 aliphatic rings. The summed E-state index contributed by atoms with van der Waals surface area (Å²) >= 11 is 0. The number of methoxy groups -OCH3 is 1. The first-order valence-electron chi connectivity index (χ1n) is 4.77. The first kappa shape index (κ1) is 13.8. The summed E-state index contributed by atoms with van der Waals surface area (Å²) in [5.74, 6) is 0.401. The molecule has 0 aliphatic heterocycles. The van der Waals surface area contributed by atoms with Crippen molar-refractivity contribution in [1.29, 1.82) is 5.26 Å². The number of nitrogens with two attached hydrogens (primary N) is 1. The van der Waals surface area contributed by atoms with Crippen molar-refractivity contribution in [3.63, 3.8) is 0 Å². The minimum Gasteiger partial charge on any atom is -0.385 e. The van der Waals surface area contributed by atoms with Gasteiger partial charge in [0.1, 0.15) is 5.82 Å². The lowest BCUT2D eigenvalue weighted by Gasteiger charge is -2.25. The van der Waals surface area contributed by atoms with Crippen molar-refractivity contribution in [1.82, 2.24) is 10.6 Å². The number of nitriles is 1. The summed E-state index contributed by atoms with van der Waals surface area (Å²) in [4.78, 5) is 0. The van der Waals surface area contributed by atoms with Gasteiger partial charge >= 0.3 is 0 Å². The molecule has 0 spiro atoms. The highest BCUT2D eigenvalue weighted by Gasteiger charge is 2.16. The Labute approximate surface area is 91.3 Å². The minimum atomic E-state index is -0.108. The van der Waals surface area contributed by atoms with Crippen LogP contribution in [-0.4, -0.2) is 25.8 Å². The first-order chi connectivity index (χ1) is 6.93. The Morgan fingerprint density at radius 2 is 2.13 bits per heavy atom. The molecule has 5 heteroatoms. The van der Waals surface area contributed by atoms with E-state index in [4.69, 9.17) is 15.7 Å². The monoisotopic (exact) mass is 212 g/mol. The van der Waals surface area contributed by atoms with E-state index >= 15 is 0 Å². The SMILES string of the molecule is COCC(C)(C)NC/C(C)=C(\N)NC#N. The molecule has 0 saturated carbocycles. The molecule has 0 rings (SSSR count). The average molecular weight is 212 g/mol. The lowest BCUT2D eigenvalue weighted by atomic mass is 10.1. The summed E-state index contributed by atoms with van der Waals surface area (Å²) in [6, 6.07) is 0. The molecule has 0 heterocycles. The maximum atomic E-state index is 8.38. The van der Waals surface area contributed by atoms with Gasteiger partial charge in [0.15, 0.2) is 6.19 Å². The number of ether oxygens (including phenoxy) is 1. The number of rotatable bonds is 6. The molecule has 0 amide bonds. The van der Waals surface area contributed by atoms with Crippen LogP contribution >= 0.6 is 0 Å². The quantitative estimate of drug-likeness (QED) is 0.434. The van der Waals surface area contributed by atoms with Gasteiger partial charge in [-0.15, -0.1) is 0 Å². The van der Waals surface area contributed by atoms with Crippen LogP contribution < -0.4 is 16.4 Å². The Hall–Kier alpha value is -1.25. The number of nitrogens with one attached hydrogen (secondary N) is 2. The molecule has 4 N–H and O–H groups in total. The van der Waals surface area contributed by atoms with Crippen molar-refractivity contribution in [2.24, 2.45) is 5.73 Å². The lowest BCUT2D eigenvalue weighted by molar-refractivity contribution is 0.130. The molecule has 0 radical (unpaired) electrons. The molecule has 0 fully saturated rings. The van der Waals surface area contributed by atoms with E-state index in [-0.39, 0.29) is 5.54 Å². The van der Waals surface area contributed by atoms with Gasteiger partial charge in [-0.3, -0.25) is 5.32 Å². The van der Waals surface area contributed by atoms with Crippen LogP contribution in [0.1, 0.15) is 20.8 Å². The molecule has 5 nitrogen and oxygen atoms in total. The second-order valence-electron chi connectivity index (χ2n) is 4.10. The Balaban J connectivity index is 4.16. The molecule has 0 aromatic heterocycles. The van der Waals surface area contributed by atoms with E-state index in [0.717, 1.165) is 5.57 Å². The van der Waals surface area contributed by atoms with E-state index < -0.39 is 0 Å². The zero-order valence-electron chi connectivity index (χ0n) is 9.85. The van der Waals surface area contributed by atoms with Gasteiger partial charge in [-0.05, 0) is 26.3 Å². The Bertz CT molecular complexity index is 265. The van der Waals surface area contributed by atoms with Gasteiger partial charge in [0.2, 0.25) is 0 Å². The van der Waals surface area contributed by atoms with Gasteiger partial charge in [-0.1, -0.05) is 0 Å². The van der Waals surface area contributed by atoms with Crippen LogP contribution in [0, 0.1) is 11.5 Å². The topological polar surface area (TPSA) is 83.1 Å². The molecule has 0 bridgehead atoms. The molecule has 0 unspecified atom stereocenters. The number of hydrogen-bond acceptors (Lipinski definition) is 5. The maximum Gasteiger partial charge on any atom is 0.182 e. The van der Waals surface area contributed by atoms with E-state index in [0.29, 0.717) is 19.0 Å². The van der Waals surface area contributed by atoms with Crippen molar-refractivity contribution in [2.75, 3.05) is 20.3 Å². The highest BCUT2D eigenvalue weighted by atomic mass is 16.5. The fraction of sp³-hybridized carbons (Fsp3) is 0.700. The standard InChI is InChI=1S/C10H20N4O/c1-8(9(12)13-7-11)5-14-10(2,3)6-15-4/h13-14H,5-6,12H2,1-4H3/b9-8+. The molecular weight excluding hydrogens is 192 g/mol. The second kappa shape index (κ2) is 6.27. The molecule has 0 aromatic rings. The molecule has 86 valence electrons. The van der Waals surface area contributed by atoms with Gasteiger partial charge in [-0.2, -0.15) is 5.26 Å². The van der Waals surface area contributed by atoms with Crippen LogP contribution in [-0.2, 0) is 4.74 Å². The summed E-state index contributed by atoms with van der Waals surface area (Å²) in [6.07, 6.45) is 1.79. The summed E-state index contributed by atoms with van der Waals surface area (Å²) in [7, 11) is 1.66. The van der Waals surface area contributed by atoms with E-state index in [1.807, 2.05) is 20.8 Å². The van der Waals surface area contributed by atoms with Crippen molar-refractivity contribution < 1.29 is 4.74 Å². The zero-order valence-corrected chi connectivity index (χ0v) is 9.85. The van der Waals surface area contributed by atoms with Gasteiger partial charge in [0.25, 0.3) is 0 Å². The molecule has 0 saturated heterocycles. The van der Waals surface area contributed by atoms with E-state index in [1.54, 1.807) is 13.3 Å². The van der Waals surface area contributed by atoms with Crippen LogP contribution in [0.5, 0.6) is 0 Å². The number of hydrogen-bond donors (Lipinski definition) is 3. The van der Waals surface area contributed by atoms with Gasteiger partial charge in [-0.25, -0.2) is 0 Å². The van der Waals surface area contributed by atoms with Gasteiger partial charge in [0.05, 0.1) is 6.61 Å². The van der Waals surface area contributed by atoms with Crippen molar-refractivity contribution in [2.45, 2.75) is 26.3 Å². The normalized spacial score (nSPS) is 13.0. The first-order valence-corrected chi connectivity index (χ1v) is 4.77. The molecule has 15 heavy (non-hydrogen) atoms. The third-order valence-electron chi connectivity index (χ3n) is 1.99. The Kier molecular flexibility index (Phi) is 5.75. The smallest absolute Gasteiger partial charge is 0.182 e. The van der Waals surface area contributed by atoms with Crippen LogP contribution in [0.25, 0.3) is 0 Å². The highest BCUT2D eigenvalue weighted by Crippen LogP contribution is 2.03. The van der Waals surface area contributed by atoms with Gasteiger partial charge in [0, 0.05) is 19.2 Å². The van der Waals surface area contributed by atoms with Crippen molar-refractivity contribution >= 4 is 0 Å². The zero-order chi connectivity index (χ0) is 11.9. The summed E-state index contributed by atoms with van der Waals surface area (Å²) in [5, 5.41) is 14.1. The van der Waals surface area contributed by atoms with Crippen LogP contribution in [0.15, 0.2) is 11.4 Å². The molecular formula is C10H20N4O. The lowest BCUT2D eigenvalue weighted by Crippen LogP contribution is -2.44. The largest absolute Gasteiger partial charge is 0.385 e. The second-order valence-corrected chi connectivity index (χ2v) is 4.10. The molecule has 0 aromatic carbocycles. The highest BCUT2D eigenvalue weighted by molar-refractivity contribution is 5.11. The third kappa shape index (κ3) is 5.94. The summed E-state index contributed by atoms with van der Waals surface area (Å²) in [6.45, 7) is 7.19. The average Bonchev–Trinajstić information content (AvgIpc) is 2.14. The predicted molar refractivity (Wildman–Crippen MR) is 59.6 cm³/mol. The Morgan fingerprint density at radius 1 is 1.53 bits per heavy atom. The number of nitrogens with zero attached hydrogens (tertiary/aromatic N) is 1. The molecule has 0 aliphatic carbocycles. The third-order valence-corrected chi connectivity index (χ3v) is 1.99. The summed E-state index contributed by atoms with van der Waals surface area (Å²) in [5.41, 5.74) is 6.40. The van der Waals surface area contributed by atoms with E-state index in [1.165, 1.54) is 0 Å². The van der Waals surface area contributed by atoms with E-state index in [9.17, 15) is 0 Å².